The van der Waals surface area contributed by atoms with Gasteiger partial charge in [-0.25, -0.2) is 17.5 Å². The number of rotatable bonds is 7. The van der Waals surface area contributed by atoms with Crippen LogP contribution in [0.25, 0.3) is 0 Å². The van der Waals surface area contributed by atoms with E-state index in [2.05, 4.69) is 10.0 Å². The molecular formula is C17H19FN2O3S. The van der Waals surface area contributed by atoms with Gasteiger partial charge in [0.05, 0.1) is 4.90 Å². The predicted octanol–water partition coefficient (Wildman–Crippen LogP) is 2.12. The van der Waals surface area contributed by atoms with Crippen molar-refractivity contribution in [2.45, 2.75) is 24.8 Å². The van der Waals surface area contributed by atoms with Gasteiger partial charge in [0.2, 0.25) is 15.9 Å². The Bertz CT molecular complexity index is 808. The van der Waals surface area contributed by atoms with Gasteiger partial charge in [-0.15, -0.1) is 0 Å². The third-order valence-electron chi connectivity index (χ3n) is 3.40. The lowest BCUT2D eigenvalue weighted by Gasteiger charge is -2.09. The molecule has 2 N–H and O–H groups in total. The summed E-state index contributed by atoms with van der Waals surface area (Å²) in [6, 6.07) is 12.9. The van der Waals surface area contributed by atoms with Crippen LogP contribution in [0.5, 0.6) is 0 Å². The second-order valence-electron chi connectivity index (χ2n) is 5.32. The molecule has 2 aromatic carbocycles. The monoisotopic (exact) mass is 350 g/mol. The van der Waals surface area contributed by atoms with Crippen LogP contribution in [0.2, 0.25) is 0 Å². The molecule has 7 heteroatoms. The molecule has 0 aliphatic heterocycles. The zero-order valence-electron chi connectivity index (χ0n) is 13.3. The number of carbonyl (C=O) groups excluding carboxylic acids is 1. The average molecular weight is 350 g/mol. The smallest absolute Gasteiger partial charge is 0.240 e. The number of hydrogen-bond donors (Lipinski definition) is 2. The molecule has 0 fully saturated rings. The first kappa shape index (κ1) is 18.1. The highest BCUT2D eigenvalue weighted by molar-refractivity contribution is 7.89. The lowest BCUT2D eigenvalue weighted by Crippen LogP contribution is -2.30. The van der Waals surface area contributed by atoms with Crippen molar-refractivity contribution in [1.82, 2.24) is 10.0 Å². The van der Waals surface area contributed by atoms with E-state index in [0.717, 1.165) is 17.7 Å². The van der Waals surface area contributed by atoms with Crippen LogP contribution in [-0.4, -0.2) is 20.9 Å². The first-order valence-electron chi connectivity index (χ1n) is 7.45. The molecule has 1 amide bonds. The molecule has 0 aliphatic rings. The van der Waals surface area contributed by atoms with Crippen LogP contribution in [0.1, 0.15) is 17.5 Å². The summed E-state index contributed by atoms with van der Waals surface area (Å²) in [6.07, 6.45) is 0.0201. The topological polar surface area (TPSA) is 75.3 Å². The Morgan fingerprint density at radius 1 is 1.12 bits per heavy atom. The zero-order valence-corrected chi connectivity index (χ0v) is 14.1. The lowest BCUT2D eigenvalue weighted by atomic mass is 10.2. The van der Waals surface area contributed by atoms with Crippen molar-refractivity contribution in [3.05, 3.63) is 65.5 Å². The molecule has 0 radical (unpaired) electrons. The van der Waals surface area contributed by atoms with Gasteiger partial charge in [0.15, 0.2) is 0 Å². The molecule has 0 unspecified atom stereocenters. The number of aryl methyl sites for hydroxylation is 1. The minimum Gasteiger partial charge on any atom is -0.352 e. The predicted molar refractivity (Wildman–Crippen MR) is 89.2 cm³/mol. The van der Waals surface area contributed by atoms with E-state index in [1.807, 2.05) is 30.3 Å². The van der Waals surface area contributed by atoms with E-state index in [-0.39, 0.29) is 23.8 Å². The maximum atomic E-state index is 13.1. The maximum Gasteiger partial charge on any atom is 0.240 e. The van der Waals surface area contributed by atoms with E-state index in [1.165, 1.54) is 13.0 Å². The van der Waals surface area contributed by atoms with Crippen molar-refractivity contribution in [3.63, 3.8) is 0 Å². The SMILES string of the molecule is Cc1cc(F)ccc1S(=O)(=O)NCCC(=O)NCc1ccccc1. The molecule has 5 nitrogen and oxygen atoms in total. The van der Waals surface area contributed by atoms with E-state index in [4.69, 9.17) is 0 Å². The van der Waals surface area contributed by atoms with Crippen LogP contribution in [0.15, 0.2) is 53.4 Å². The van der Waals surface area contributed by atoms with Gasteiger partial charge in [0.25, 0.3) is 0 Å². The molecule has 24 heavy (non-hydrogen) atoms. The van der Waals surface area contributed by atoms with Gasteiger partial charge in [-0.2, -0.15) is 0 Å². The van der Waals surface area contributed by atoms with Gasteiger partial charge < -0.3 is 5.32 Å². The molecule has 0 saturated carbocycles. The Kier molecular flexibility index (Phi) is 6.05. The first-order valence-corrected chi connectivity index (χ1v) is 8.93. The summed E-state index contributed by atoms with van der Waals surface area (Å²) in [5.41, 5.74) is 1.28. The highest BCUT2D eigenvalue weighted by atomic mass is 32.2. The van der Waals surface area contributed by atoms with E-state index in [0.29, 0.717) is 12.1 Å². The second-order valence-corrected chi connectivity index (χ2v) is 7.06. The molecular weight excluding hydrogens is 331 g/mol. The number of nitrogens with one attached hydrogen (secondary N) is 2. The number of hydrogen-bond acceptors (Lipinski definition) is 3. The van der Waals surface area contributed by atoms with Crippen LogP contribution in [0.3, 0.4) is 0 Å². The minimum atomic E-state index is -3.77. The molecule has 0 spiro atoms. The maximum absolute atomic E-state index is 13.1. The first-order chi connectivity index (χ1) is 11.4. The van der Waals surface area contributed by atoms with Gasteiger partial charge in [0, 0.05) is 19.5 Å². The van der Waals surface area contributed by atoms with E-state index < -0.39 is 15.8 Å². The summed E-state index contributed by atoms with van der Waals surface area (Å²) < 4.78 is 39.7. The zero-order chi connectivity index (χ0) is 17.6. The summed E-state index contributed by atoms with van der Waals surface area (Å²) in [6.45, 7) is 1.88. The van der Waals surface area contributed by atoms with Crippen molar-refractivity contribution < 1.29 is 17.6 Å². The van der Waals surface area contributed by atoms with E-state index >= 15 is 0 Å². The Hall–Kier alpha value is -2.25. The average Bonchev–Trinajstić information content (AvgIpc) is 2.53. The van der Waals surface area contributed by atoms with Crippen molar-refractivity contribution >= 4 is 15.9 Å². The van der Waals surface area contributed by atoms with Crippen molar-refractivity contribution in [1.29, 1.82) is 0 Å². The Labute approximate surface area is 141 Å². The van der Waals surface area contributed by atoms with Gasteiger partial charge >= 0.3 is 0 Å². The number of halogens is 1. The third-order valence-corrected chi connectivity index (χ3v) is 5.02. The van der Waals surface area contributed by atoms with Gasteiger partial charge in [-0.3, -0.25) is 4.79 Å². The van der Waals surface area contributed by atoms with Crippen LogP contribution in [0, 0.1) is 12.7 Å². The highest BCUT2D eigenvalue weighted by Gasteiger charge is 2.17. The second kappa shape index (κ2) is 8.03. The normalized spacial score (nSPS) is 11.2. The van der Waals surface area contributed by atoms with Crippen molar-refractivity contribution in [2.24, 2.45) is 0 Å². The third kappa shape index (κ3) is 5.14. The van der Waals surface area contributed by atoms with Crippen LogP contribution >= 0.6 is 0 Å². The fraction of sp³-hybridized carbons (Fsp3) is 0.235. The Balaban J connectivity index is 1.83. The fourth-order valence-corrected chi connectivity index (χ4v) is 3.43. The Morgan fingerprint density at radius 3 is 2.50 bits per heavy atom. The van der Waals surface area contributed by atoms with E-state index in [9.17, 15) is 17.6 Å². The fourth-order valence-electron chi connectivity index (χ4n) is 2.18. The summed E-state index contributed by atoms with van der Waals surface area (Å²) in [5, 5.41) is 2.72. The molecule has 0 bridgehead atoms. The number of carbonyl (C=O) groups is 1. The van der Waals surface area contributed by atoms with Crippen LogP contribution < -0.4 is 10.0 Å². The molecule has 2 rings (SSSR count). The number of amides is 1. The van der Waals surface area contributed by atoms with Gasteiger partial charge in [0.1, 0.15) is 5.82 Å². The number of sulfonamides is 1. The minimum absolute atomic E-state index is 0.00796. The van der Waals surface area contributed by atoms with Crippen molar-refractivity contribution in [3.8, 4) is 0 Å². The molecule has 128 valence electrons. The molecule has 0 atom stereocenters. The van der Waals surface area contributed by atoms with E-state index in [1.54, 1.807) is 0 Å². The summed E-state index contributed by atoms with van der Waals surface area (Å²) in [7, 11) is -3.77. The summed E-state index contributed by atoms with van der Waals surface area (Å²) >= 11 is 0. The molecule has 0 aliphatic carbocycles. The molecule has 0 saturated heterocycles. The van der Waals surface area contributed by atoms with Gasteiger partial charge in [-0.1, -0.05) is 30.3 Å². The van der Waals surface area contributed by atoms with Crippen LogP contribution in [-0.2, 0) is 21.4 Å². The van der Waals surface area contributed by atoms with Crippen LogP contribution in [0.4, 0.5) is 4.39 Å². The summed E-state index contributed by atoms with van der Waals surface area (Å²) in [5.74, 6) is -0.746. The lowest BCUT2D eigenvalue weighted by molar-refractivity contribution is -0.121. The molecule has 2 aromatic rings. The standard InChI is InChI=1S/C17H19FN2O3S/c1-13-11-15(18)7-8-16(13)24(22,23)20-10-9-17(21)19-12-14-5-3-2-4-6-14/h2-8,11,20H,9-10,12H2,1H3,(H,19,21). The highest BCUT2D eigenvalue weighted by Crippen LogP contribution is 2.15. The molecule has 0 aromatic heterocycles. The van der Waals surface area contributed by atoms with Crippen molar-refractivity contribution in [2.75, 3.05) is 6.54 Å². The summed E-state index contributed by atoms with van der Waals surface area (Å²) in [4.78, 5) is 11.8. The number of benzene rings is 2. The Morgan fingerprint density at radius 2 is 1.83 bits per heavy atom. The largest absolute Gasteiger partial charge is 0.352 e. The molecule has 0 heterocycles. The van der Waals surface area contributed by atoms with Gasteiger partial charge in [-0.05, 0) is 36.2 Å². The quantitative estimate of drug-likeness (QED) is 0.803.